The van der Waals surface area contributed by atoms with Crippen LogP contribution in [0, 0.1) is 5.92 Å². The number of likely N-dealkylation sites (tertiary alicyclic amines) is 1. The predicted molar refractivity (Wildman–Crippen MR) is 96.3 cm³/mol. The van der Waals surface area contributed by atoms with Crippen molar-refractivity contribution < 1.29 is 19.4 Å². The number of amides is 1. The SMILES string of the molecule is COCc1ccsc1C(=O)N1C[C@@H](C(=O)O)[C@H](c2ccc(Cl)cc2)C1. The Labute approximate surface area is 154 Å². The highest BCUT2D eigenvalue weighted by Gasteiger charge is 2.41. The van der Waals surface area contributed by atoms with Crippen LogP contribution in [0.5, 0.6) is 0 Å². The minimum absolute atomic E-state index is 0.134. The Kier molecular flexibility index (Phi) is 5.42. The average molecular weight is 380 g/mol. The van der Waals surface area contributed by atoms with Gasteiger partial charge < -0.3 is 14.7 Å². The number of nitrogens with zero attached hydrogens (tertiary/aromatic N) is 1. The fourth-order valence-corrected chi connectivity index (χ4v) is 4.21. The summed E-state index contributed by atoms with van der Waals surface area (Å²) in [6, 6.07) is 9.02. The van der Waals surface area contributed by atoms with Crippen LogP contribution >= 0.6 is 22.9 Å². The van der Waals surface area contributed by atoms with E-state index in [2.05, 4.69) is 0 Å². The molecule has 0 unspecified atom stereocenters. The second kappa shape index (κ2) is 7.56. The fourth-order valence-electron chi connectivity index (χ4n) is 3.20. The van der Waals surface area contributed by atoms with E-state index < -0.39 is 11.9 Å². The first kappa shape index (κ1) is 17.9. The van der Waals surface area contributed by atoms with Gasteiger partial charge in [0.25, 0.3) is 5.91 Å². The summed E-state index contributed by atoms with van der Waals surface area (Å²) in [5.41, 5.74) is 1.72. The fraction of sp³-hybridized carbons (Fsp3) is 0.333. The van der Waals surface area contributed by atoms with E-state index in [1.165, 1.54) is 11.3 Å². The van der Waals surface area contributed by atoms with Crippen molar-refractivity contribution in [2.24, 2.45) is 5.92 Å². The molecule has 132 valence electrons. The van der Waals surface area contributed by atoms with Gasteiger partial charge in [-0.3, -0.25) is 9.59 Å². The quantitative estimate of drug-likeness (QED) is 0.863. The van der Waals surface area contributed by atoms with Crippen molar-refractivity contribution in [3.05, 3.63) is 56.7 Å². The van der Waals surface area contributed by atoms with Crippen molar-refractivity contribution in [2.45, 2.75) is 12.5 Å². The van der Waals surface area contributed by atoms with Crippen LogP contribution in [0.1, 0.15) is 26.7 Å². The monoisotopic (exact) mass is 379 g/mol. The Morgan fingerprint density at radius 1 is 1.28 bits per heavy atom. The van der Waals surface area contributed by atoms with E-state index in [9.17, 15) is 14.7 Å². The topological polar surface area (TPSA) is 66.8 Å². The molecular weight excluding hydrogens is 362 g/mol. The van der Waals surface area contributed by atoms with Crippen LogP contribution in [0.25, 0.3) is 0 Å². The Morgan fingerprint density at radius 2 is 2.00 bits per heavy atom. The number of carbonyl (C=O) groups excluding carboxylic acids is 1. The molecule has 1 N–H and O–H groups in total. The third-order valence-corrected chi connectivity index (χ3v) is 5.66. The molecule has 25 heavy (non-hydrogen) atoms. The van der Waals surface area contributed by atoms with Crippen molar-refractivity contribution >= 4 is 34.8 Å². The summed E-state index contributed by atoms with van der Waals surface area (Å²) in [6.07, 6.45) is 0. The van der Waals surface area contributed by atoms with Crippen LogP contribution < -0.4 is 0 Å². The number of aliphatic carboxylic acids is 1. The van der Waals surface area contributed by atoms with Crippen molar-refractivity contribution in [1.82, 2.24) is 4.90 Å². The van der Waals surface area contributed by atoms with E-state index in [-0.39, 0.29) is 18.4 Å². The average Bonchev–Trinajstić information content (AvgIpc) is 3.22. The molecule has 1 amide bonds. The van der Waals surface area contributed by atoms with Crippen molar-refractivity contribution in [3.63, 3.8) is 0 Å². The predicted octanol–water partition coefficient (Wildman–Crippen LogP) is 3.49. The highest BCUT2D eigenvalue weighted by Crippen LogP contribution is 2.35. The Bertz CT molecular complexity index is 774. The molecule has 1 fully saturated rings. The van der Waals surface area contributed by atoms with Crippen LogP contribution in [-0.2, 0) is 16.1 Å². The van der Waals surface area contributed by atoms with Gasteiger partial charge in [-0.25, -0.2) is 0 Å². The number of rotatable bonds is 5. The van der Waals surface area contributed by atoms with Gasteiger partial charge in [0.2, 0.25) is 0 Å². The second-order valence-electron chi connectivity index (χ2n) is 6.02. The lowest BCUT2D eigenvalue weighted by Crippen LogP contribution is -2.30. The molecule has 1 aromatic heterocycles. The molecule has 5 nitrogen and oxygen atoms in total. The molecule has 0 aliphatic carbocycles. The summed E-state index contributed by atoms with van der Waals surface area (Å²) < 4.78 is 5.13. The molecule has 7 heteroatoms. The van der Waals surface area contributed by atoms with Crippen LogP contribution in [-0.4, -0.2) is 42.1 Å². The van der Waals surface area contributed by atoms with E-state index in [4.69, 9.17) is 16.3 Å². The summed E-state index contributed by atoms with van der Waals surface area (Å²) in [7, 11) is 1.58. The van der Waals surface area contributed by atoms with E-state index in [0.717, 1.165) is 11.1 Å². The number of carboxylic acids is 1. The van der Waals surface area contributed by atoms with Gasteiger partial charge in [-0.05, 0) is 29.1 Å². The number of halogens is 1. The van der Waals surface area contributed by atoms with Gasteiger partial charge in [0.05, 0.1) is 17.4 Å². The summed E-state index contributed by atoms with van der Waals surface area (Å²) in [5.74, 6) is -1.90. The molecule has 2 heterocycles. The number of ether oxygens (including phenoxy) is 1. The third-order valence-electron chi connectivity index (χ3n) is 4.46. The summed E-state index contributed by atoms with van der Waals surface area (Å²) in [4.78, 5) is 26.8. The van der Waals surface area contributed by atoms with Gasteiger partial charge in [0.1, 0.15) is 0 Å². The number of benzene rings is 1. The van der Waals surface area contributed by atoms with E-state index in [1.807, 2.05) is 23.6 Å². The first-order valence-electron chi connectivity index (χ1n) is 7.84. The molecule has 0 bridgehead atoms. The van der Waals surface area contributed by atoms with Crippen LogP contribution in [0.4, 0.5) is 0 Å². The lowest BCUT2D eigenvalue weighted by Gasteiger charge is -2.16. The van der Waals surface area contributed by atoms with Crippen LogP contribution in [0.2, 0.25) is 5.02 Å². The molecule has 2 aromatic rings. The summed E-state index contributed by atoms with van der Waals surface area (Å²) >= 11 is 7.28. The Hall–Kier alpha value is -1.89. The third kappa shape index (κ3) is 3.71. The van der Waals surface area contributed by atoms with Crippen molar-refractivity contribution in [2.75, 3.05) is 20.2 Å². The number of methoxy groups -OCH3 is 1. The Balaban J connectivity index is 1.84. The molecule has 3 rings (SSSR count). The maximum absolute atomic E-state index is 12.9. The number of hydrogen-bond donors (Lipinski definition) is 1. The molecule has 0 saturated carbocycles. The smallest absolute Gasteiger partial charge is 0.308 e. The first-order chi connectivity index (χ1) is 12.0. The number of carboxylic acid groups (broad SMARTS) is 1. The molecule has 0 spiro atoms. The second-order valence-corrected chi connectivity index (χ2v) is 7.37. The van der Waals surface area contributed by atoms with Gasteiger partial charge in [-0.1, -0.05) is 23.7 Å². The lowest BCUT2D eigenvalue weighted by molar-refractivity contribution is -0.141. The van der Waals surface area contributed by atoms with Crippen LogP contribution in [0.3, 0.4) is 0 Å². The zero-order valence-corrected chi connectivity index (χ0v) is 15.2. The number of carbonyl (C=O) groups is 2. The molecule has 1 aliphatic heterocycles. The Morgan fingerprint density at radius 3 is 2.64 bits per heavy atom. The summed E-state index contributed by atoms with van der Waals surface area (Å²) in [5, 5.41) is 12.0. The molecule has 1 saturated heterocycles. The minimum atomic E-state index is -0.890. The van der Waals surface area contributed by atoms with E-state index in [1.54, 1.807) is 24.1 Å². The molecule has 1 aliphatic rings. The van der Waals surface area contributed by atoms with Gasteiger partial charge >= 0.3 is 5.97 Å². The summed E-state index contributed by atoms with van der Waals surface area (Å²) in [6.45, 7) is 0.939. The number of thiophene rings is 1. The molecule has 1 aromatic carbocycles. The van der Waals surface area contributed by atoms with Gasteiger partial charge in [0, 0.05) is 36.7 Å². The zero-order chi connectivity index (χ0) is 18.0. The standard InChI is InChI=1S/C18H18ClNO4S/c1-24-10-12-6-7-25-16(12)17(21)20-8-14(15(9-20)18(22)23)11-2-4-13(19)5-3-11/h2-7,14-15H,8-10H2,1H3,(H,22,23)/t14-,15+/m0/s1. The van der Waals surface area contributed by atoms with Crippen molar-refractivity contribution in [1.29, 1.82) is 0 Å². The van der Waals surface area contributed by atoms with E-state index >= 15 is 0 Å². The highest BCUT2D eigenvalue weighted by molar-refractivity contribution is 7.12. The lowest BCUT2D eigenvalue weighted by atomic mass is 9.89. The molecule has 0 radical (unpaired) electrons. The first-order valence-corrected chi connectivity index (χ1v) is 9.10. The zero-order valence-electron chi connectivity index (χ0n) is 13.6. The normalized spacial score (nSPS) is 20.0. The largest absolute Gasteiger partial charge is 0.481 e. The molecule has 2 atom stereocenters. The maximum atomic E-state index is 12.9. The van der Waals surface area contributed by atoms with Gasteiger partial charge in [-0.2, -0.15) is 0 Å². The van der Waals surface area contributed by atoms with Gasteiger partial charge in [0.15, 0.2) is 0 Å². The maximum Gasteiger partial charge on any atom is 0.308 e. The van der Waals surface area contributed by atoms with Crippen molar-refractivity contribution in [3.8, 4) is 0 Å². The minimum Gasteiger partial charge on any atom is -0.481 e. The van der Waals surface area contributed by atoms with Crippen LogP contribution in [0.15, 0.2) is 35.7 Å². The highest BCUT2D eigenvalue weighted by atomic mass is 35.5. The molecular formula is C18H18ClNO4S. The van der Waals surface area contributed by atoms with Gasteiger partial charge in [-0.15, -0.1) is 11.3 Å². The number of hydrogen-bond acceptors (Lipinski definition) is 4. The van der Waals surface area contributed by atoms with E-state index in [0.29, 0.717) is 23.1 Å².